The summed E-state index contributed by atoms with van der Waals surface area (Å²) in [6, 6.07) is 116. The summed E-state index contributed by atoms with van der Waals surface area (Å²) in [6.07, 6.45) is -19.0. The Morgan fingerprint density at radius 2 is 0.475 bits per heavy atom. The lowest BCUT2D eigenvalue weighted by Gasteiger charge is -2.43. The molecule has 2 N–H and O–H groups in total. The second-order valence-electron chi connectivity index (χ2n) is 33.6. The minimum Gasteiger partial charge on any atom is -0.455 e. The number of benzene rings is 12. The highest BCUT2D eigenvalue weighted by atomic mass is 19.1. The Morgan fingerprint density at radius 3 is 0.759 bits per heavy atom. The molecular formula is C114H125F3O24. The highest BCUT2D eigenvalue weighted by Crippen LogP contribution is 2.35. The van der Waals surface area contributed by atoms with Crippen LogP contribution in [-0.4, -0.2) is 186 Å². The molecule has 0 aromatic heterocycles. The van der Waals surface area contributed by atoms with E-state index < -0.39 is 135 Å². The average Bonchev–Trinajstić information content (AvgIpc) is 0.874. The molecule has 4 saturated heterocycles. The summed E-state index contributed by atoms with van der Waals surface area (Å²) in [5.74, 6) is -1.77. The average molecular weight is 1940 g/mol. The number of aliphatic hydroxyl groups is 2. The molecule has 0 radical (unpaired) electrons. The van der Waals surface area contributed by atoms with Gasteiger partial charge < -0.3 is 100 Å². The Balaban J connectivity index is 0.000000164. The Labute approximate surface area is 822 Å². The van der Waals surface area contributed by atoms with Crippen molar-refractivity contribution in [1.29, 1.82) is 0 Å². The molecule has 27 heteroatoms. The first-order chi connectivity index (χ1) is 69.0. The fraction of sp³-hybridized carbons (Fsp3) is 0.342. The van der Waals surface area contributed by atoms with Crippen LogP contribution < -0.4 is 0 Å². The predicted octanol–water partition coefficient (Wildman–Crippen LogP) is 18.4. The van der Waals surface area contributed by atoms with Gasteiger partial charge >= 0.3 is 17.9 Å². The van der Waals surface area contributed by atoms with Crippen LogP contribution in [0.5, 0.6) is 0 Å². The summed E-state index contributed by atoms with van der Waals surface area (Å²) in [5.41, 5.74) is 11.5. The van der Waals surface area contributed by atoms with Crippen molar-refractivity contribution in [1.82, 2.24) is 0 Å². The van der Waals surface area contributed by atoms with Crippen LogP contribution in [0.25, 0.3) is 0 Å². The van der Waals surface area contributed by atoms with Crippen molar-refractivity contribution in [2.24, 2.45) is 0 Å². The molecule has 16 rings (SSSR count). The number of carbonyl (C=O) groups is 3. The quantitative estimate of drug-likeness (QED) is 0.0266. The Hall–Kier alpha value is -11.7. The molecule has 141 heavy (non-hydrogen) atoms. The third-order valence-corrected chi connectivity index (χ3v) is 22.8. The van der Waals surface area contributed by atoms with Crippen LogP contribution in [0, 0.1) is 0 Å². The lowest BCUT2D eigenvalue weighted by Crippen LogP contribution is -2.60. The third-order valence-electron chi connectivity index (χ3n) is 22.8. The lowest BCUT2D eigenvalue weighted by atomic mass is 9.98. The zero-order valence-electron chi connectivity index (χ0n) is 79.4. The van der Waals surface area contributed by atoms with Crippen LogP contribution in [0.15, 0.2) is 364 Å². The molecule has 4 aliphatic rings. The first-order valence-electron chi connectivity index (χ1n) is 46.9. The molecule has 0 saturated carbocycles. The summed E-state index contributed by atoms with van der Waals surface area (Å²) in [6.45, 7) is 5.91. The van der Waals surface area contributed by atoms with Crippen LogP contribution in [0.4, 0.5) is 13.2 Å². The van der Waals surface area contributed by atoms with Gasteiger partial charge in [-0.3, -0.25) is 9.59 Å². The maximum absolute atomic E-state index is 15.8. The van der Waals surface area contributed by atoms with Crippen LogP contribution in [0.2, 0.25) is 0 Å². The Kier molecular flexibility index (Phi) is 46.4. The number of hydrogen-bond acceptors (Lipinski definition) is 24. The van der Waals surface area contributed by atoms with Gasteiger partial charge in [0.1, 0.15) is 67.1 Å². The molecular weight excluding hydrogens is 1810 g/mol. The van der Waals surface area contributed by atoms with E-state index in [9.17, 15) is 24.6 Å². The van der Waals surface area contributed by atoms with E-state index in [1.165, 1.54) is 21.0 Å². The largest absolute Gasteiger partial charge is 0.455 e. The number of esters is 3. The molecule has 0 aliphatic carbocycles. The third kappa shape index (κ3) is 36.6. The SMILES string of the molecule is CC(=O)OC(C)=O.CO[C@@H]1O[C@H](COCc2ccccc2)[C@@H](F)[C@H](OCc2ccccc2)[C@H]1OCc1ccccc1.CO[C@@H]1O[C@H](COCc2ccccc2)[C@H](O)[C@H](OCc2ccccc2)[C@H]1OCc1ccccc1.O=C1O[C@H](COCc2ccccc2)[C@@H](F)[C@H](OCc2ccccc2)[C@H]1OCc1ccccc1.OC1O[C@H](COCc2ccccc2)[C@@H](F)[C@H](OCc2ccccc2)[C@H]1OCc1ccccc1. The molecule has 0 amide bonds. The van der Waals surface area contributed by atoms with Crippen molar-refractivity contribution >= 4 is 17.9 Å². The number of rotatable bonds is 42. The molecule has 4 aliphatic heterocycles. The number of ether oxygens (including phenoxy) is 19. The smallest absolute Gasteiger partial charge is 0.338 e. The van der Waals surface area contributed by atoms with Gasteiger partial charge in [-0.2, -0.15) is 0 Å². The Bertz CT molecular complexity index is 5210. The number of carbonyl (C=O) groups excluding carboxylic acids is 3. The molecule has 4 heterocycles. The van der Waals surface area contributed by atoms with Gasteiger partial charge in [0.25, 0.3) is 0 Å². The normalized spacial score (nSPS) is 23.5. The molecule has 12 aromatic carbocycles. The summed E-state index contributed by atoms with van der Waals surface area (Å²) in [5, 5.41) is 21.9. The fourth-order valence-electron chi connectivity index (χ4n) is 15.6. The minimum absolute atomic E-state index is 0.0102. The van der Waals surface area contributed by atoms with Crippen molar-refractivity contribution in [3.8, 4) is 0 Å². The number of halogens is 3. The van der Waals surface area contributed by atoms with Crippen molar-refractivity contribution in [2.75, 3.05) is 40.6 Å². The van der Waals surface area contributed by atoms with Crippen LogP contribution in [-0.2, 0) is 184 Å². The van der Waals surface area contributed by atoms with Gasteiger partial charge in [-0.1, -0.05) is 364 Å². The van der Waals surface area contributed by atoms with E-state index in [0.29, 0.717) is 46.2 Å². The van der Waals surface area contributed by atoms with E-state index in [1.807, 2.05) is 364 Å². The van der Waals surface area contributed by atoms with E-state index in [4.69, 9.17) is 85.3 Å². The molecule has 0 spiro atoms. The highest BCUT2D eigenvalue weighted by molar-refractivity contribution is 5.82. The highest BCUT2D eigenvalue weighted by Gasteiger charge is 2.52. The van der Waals surface area contributed by atoms with E-state index in [2.05, 4.69) is 4.74 Å². The molecule has 746 valence electrons. The first kappa shape index (κ1) is 108. The number of hydrogen-bond donors (Lipinski definition) is 2. The van der Waals surface area contributed by atoms with Gasteiger partial charge in [0.15, 0.2) is 49.6 Å². The summed E-state index contributed by atoms with van der Waals surface area (Å²) < 4.78 is 156. The van der Waals surface area contributed by atoms with Crippen molar-refractivity contribution in [3.63, 3.8) is 0 Å². The van der Waals surface area contributed by atoms with Crippen molar-refractivity contribution in [3.05, 3.63) is 431 Å². The minimum atomic E-state index is -1.59. The number of aliphatic hydroxyl groups excluding tert-OH is 2. The summed E-state index contributed by atoms with van der Waals surface area (Å²) >= 11 is 0. The van der Waals surface area contributed by atoms with E-state index in [0.717, 1.165) is 66.8 Å². The predicted molar refractivity (Wildman–Crippen MR) is 520 cm³/mol. The van der Waals surface area contributed by atoms with Gasteiger partial charge in [-0.25, -0.2) is 18.0 Å². The van der Waals surface area contributed by atoms with Gasteiger partial charge in [-0.15, -0.1) is 0 Å². The van der Waals surface area contributed by atoms with Gasteiger partial charge in [0.05, 0.1) is 106 Å². The fourth-order valence-corrected chi connectivity index (χ4v) is 15.6. The zero-order valence-corrected chi connectivity index (χ0v) is 79.4. The van der Waals surface area contributed by atoms with E-state index in [-0.39, 0.29) is 59.5 Å². The second kappa shape index (κ2) is 60.5. The molecule has 1 unspecified atom stereocenters. The number of cyclic esters (lactones) is 1. The van der Waals surface area contributed by atoms with Crippen LogP contribution >= 0.6 is 0 Å². The monoisotopic (exact) mass is 1930 g/mol. The maximum Gasteiger partial charge on any atom is 0.338 e. The molecule has 24 nitrogen and oxygen atoms in total. The van der Waals surface area contributed by atoms with Gasteiger partial charge in [0, 0.05) is 28.1 Å². The molecule has 12 aromatic rings. The standard InChI is InChI=1S/C28H31FO5.C28H32O6.C27H29FO5.C27H27FO5.C4H6O3/c2*1-30-28-27(33-19-23-15-9-4-10-16-23)26(32-18-22-13-7-3-8-14-22)25(29)24(34-28)20-31-17-21-11-5-2-6-12-21;2*28-24-23(19-30-16-20-10-4-1-5-11-20)33-27(29)26(32-18-22-14-8-3-9-15-22)25(24)31-17-21-12-6-2-7-13-21;1-3(5)7-4(2)6/h2-16,24-28H,17-20H2,1H3;2-16,24-29H,17-20H2,1H3;1-15,23-27,29H,16-19H2;1-15,23-26H,16-19H2;1-2H3/t24-,25-,26+,27-,28-;24-,25+,26+,27-,28-;23-,24-,25+,26-,27?;23-,24-,25+,26-;/m1111./s1. The number of alkyl halides is 3. The second-order valence-corrected chi connectivity index (χ2v) is 33.6. The van der Waals surface area contributed by atoms with Crippen LogP contribution in [0.1, 0.15) is 80.6 Å². The van der Waals surface area contributed by atoms with Crippen LogP contribution in [0.3, 0.4) is 0 Å². The molecule has 4 fully saturated rings. The van der Waals surface area contributed by atoms with E-state index >= 15 is 13.2 Å². The molecule has 19 atom stereocenters. The summed E-state index contributed by atoms with van der Waals surface area (Å²) in [4.78, 5) is 32.4. The van der Waals surface area contributed by atoms with Gasteiger partial charge in [-0.05, 0) is 66.8 Å². The topological polar surface area (TPSA) is 267 Å². The number of methoxy groups -OCH3 is 2. The summed E-state index contributed by atoms with van der Waals surface area (Å²) in [7, 11) is 3.09. The zero-order chi connectivity index (χ0) is 98.8. The lowest BCUT2D eigenvalue weighted by molar-refractivity contribution is -0.315. The van der Waals surface area contributed by atoms with Gasteiger partial charge in [0.2, 0.25) is 0 Å². The molecule has 0 bridgehead atoms. The van der Waals surface area contributed by atoms with Crippen molar-refractivity contribution < 1.29 is 128 Å². The van der Waals surface area contributed by atoms with Crippen molar-refractivity contribution in [2.45, 2.75) is 210 Å². The van der Waals surface area contributed by atoms with E-state index in [1.54, 1.807) is 7.11 Å². The maximum atomic E-state index is 15.8. The first-order valence-corrected chi connectivity index (χ1v) is 46.9. The Morgan fingerprint density at radius 1 is 0.262 bits per heavy atom.